The molecule has 0 fully saturated rings. The van der Waals surface area contributed by atoms with E-state index in [-0.39, 0.29) is 0 Å². The van der Waals surface area contributed by atoms with E-state index in [1.807, 2.05) is 30.3 Å². The first-order valence-electron chi connectivity index (χ1n) is 6.34. The van der Waals surface area contributed by atoms with Crippen LogP contribution in [-0.4, -0.2) is 0 Å². The van der Waals surface area contributed by atoms with Crippen molar-refractivity contribution in [3.05, 3.63) is 58.1 Å². The smallest absolute Gasteiger partial charge is 0.131 e. The average molecular weight is 340 g/mol. The molecule has 0 spiro atoms. The van der Waals surface area contributed by atoms with Gasteiger partial charge in [0.15, 0.2) is 0 Å². The van der Waals surface area contributed by atoms with Crippen LogP contribution in [0.5, 0.6) is 11.5 Å². The quantitative estimate of drug-likeness (QED) is 0.613. The van der Waals surface area contributed by atoms with Gasteiger partial charge in [-0.2, -0.15) is 0 Å². The molecule has 19 heavy (non-hydrogen) atoms. The number of ether oxygens (including phenoxy) is 1. The van der Waals surface area contributed by atoms with E-state index in [9.17, 15) is 0 Å². The van der Waals surface area contributed by atoms with Crippen LogP contribution in [0.1, 0.15) is 24.5 Å². The molecule has 0 saturated heterocycles. The van der Waals surface area contributed by atoms with Crippen LogP contribution in [0.2, 0.25) is 0 Å². The highest BCUT2D eigenvalue weighted by atomic mass is 79.9. The minimum absolute atomic E-state index is 0.433. The Balaban J connectivity index is 2.16. The average Bonchev–Trinajstić information content (AvgIpc) is 2.43. The zero-order valence-electron chi connectivity index (χ0n) is 10.8. The van der Waals surface area contributed by atoms with Crippen LogP contribution >= 0.6 is 27.5 Å². The maximum absolute atomic E-state index is 5.94. The minimum Gasteiger partial charge on any atom is -0.457 e. The lowest BCUT2D eigenvalue weighted by atomic mass is 10.1. The highest BCUT2D eigenvalue weighted by Crippen LogP contribution is 2.29. The second-order valence-electron chi connectivity index (χ2n) is 4.38. The number of aryl methyl sites for hydroxylation is 1. The van der Waals surface area contributed by atoms with Crippen molar-refractivity contribution in [2.45, 2.75) is 25.6 Å². The molecule has 1 nitrogen and oxygen atoms in total. The fourth-order valence-corrected chi connectivity index (χ4v) is 2.51. The molecule has 0 heterocycles. The topological polar surface area (TPSA) is 9.23 Å². The summed E-state index contributed by atoms with van der Waals surface area (Å²) in [6, 6.07) is 14.1. The van der Waals surface area contributed by atoms with Crippen LogP contribution in [0.4, 0.5) is 0 Å². The minimum atomic E-state index is 0.433. The molecule has 3 heteroatoms. The maximum Gasteiger partial charge on any atom is 0.131 e. The summed E-state index contributed by atoms with van der Waals surface area (Å²) < 4.78 is 6.89. The zero-order chi connectivity index (χ0) is 13.7. The largest absolute Gasteiger partial charge is 0.457 e. The van der Waals surface area contributed by atoms with Gasteiger partial charge in [-0.15, -0.1) is 11.6 Å². The number of alkyl halides is 1. The Morgan fingerprint density at radius 1 is 1.11 bits per heavy atom. The van der Waals surface area contributed by atoms with Gasteiger partial charge >= 0.3 is 0 Å². The molecule has 2 rings (SSSR count). The first-order valence-corrected chi connectivity index (χ1v) is 7.67. The molecule has 100 valence electrons. The summed E-state index contributed by atoms with van der Waals surface area (Å²) >= 11 is 9.37. The summed E-state index contributed by atoms with van der Waals surface area (Å²) in [6.07, 6.45) is 2.26. The molecule has 2 aromatic rings. The first kappa shape index (κ1) is 14.4. The second-order valence-corrected chi connectivity index (χ2v) is 5.56. The summed E-state index contributed by atoms with van der Waals surface area (Å²) in [4.78, 5) is 0. The van der Waals surface area contributed by atoms with Crippen LogP contribution in [0, 0.1) is 0 Å². The van der Waals surface area contributed by atoms with E-state index >= 15 is 0 Å². The van der Waals surface area contributed by atoms with Crippen molar-refractivity contribution in [2.75, 3.05) is 0 Å². The van der Waals surface area contributed by atoms with Gasteiger partial charge in [0.25, 0.3) is 0 Å². The summed E-state index contributed by atoms with van der Waals surface area (Å²) in [5.74, 6) is 2.08. The van der Waals surface area contributed by atoms with Gasteiger partial charge in [0.2, 0.25) is 0 Å². The summed E-state index contributed by atoms with van der Waals surface area (Å²) in [7, 11) is 0. The van der Waals surface area contributed by atoms with E-state index in [0.29, 0.717) is 5.88 Å². The molecule has 0 aliphatic heterocycles. The van der Waals surface area contributed by atoms with Crippen LogP contribution in [0.3, 0.4) is 0 Å². The third-order valence-corrected chi connectivity index (χ3v) is 3.64. The van der Waals surface area contributed by atoms with Crippen molar-refractivity contribution >= 4 is 27.5 Å². The van der Waals surface area contributed by atoms with E-state index in [1.165, 1.54) is 5.56 Å². The van der Waals surface area contributed by atoms with Crippen molar-refractivity contribution < 1.29 is 4.74 Å². The number of halogens is 2. The number of hydrogen-bond acceptors (Lipinski definition) is 1. The Hall–Kier alpha value is -0.990. The third kappa shape index (κ3) is 3.99. The van der Waals surface area contributed by atoms with Gasteiger partial charge in [0.05, 0.1) is 5.88 Å². The predicted octanol–water partition coefficient (Wildman–Crippen LogP) is 5.93. The molecule has 0 aliphatic carbocycles. The van der Waals surface area contributed by atoms with E-state index < -0.39 is 0 Å². The molecular formula is C16H16BrClO. The molecular weight excluding hydrogens is 324 g/mol. The molecule has 0 radical (unpaired) electrons. The molecule has 0 bridgehead atoms. The van der Waals surface area contributed by atoms with Gasteiger partial charge in [-0.3, -0.25) is 0 Å². The Kier molecular flexibility index (Phi) is 5.29. The fourth-order valence-electron chi connectivity index (χ4n) is 1.89. The lowest BCUT2D eigenvalue weighted by Crippen LogP contribution is -1.90. The highest BCUT2D eigenvalue weighted by molar-refractivity contribution is 9.10. The standard InChI is InChI=1S/C16H16BrClO/c1-2-3-12-4-7-15(8-5-12)19-16-9-6-14(17)10-13(16)11-18/h4-10H,2-3,11H2,1H3. The molecule has 0 aromatic heterocycles. The van der Waals surface area contributed by atoms with Crippen molar-refractivity contribution in [1.29, 1.82) is 0 Å². The molecule has 0 aliphatic rings. The van der Waals surface area contributed by atoms with Crippen LogP contribution in [0.25, 0.3) is 0 Å². The number of rotatable bonds is 5. The van der Waals surface area contributed by atoms with Crippen molar-refractivity contribution in [2.24, 2.45) is 0 Å². The SMILES string of the molecule is CCCc1ccc(Oc2ccc(Br)cc2CCl)cc1. The second kappa shape index (κ2) is 6.97. The predicted molar refractivity (Wildman–Crippen MR) is 84.2 cm³/mol. The van der Waals surface area contributed by atoms with Gasteiger partial charge in [0, 0.05) is 10.0 Å². The van der Waals surface area contributed by atoms with E-state index in [1.54, 1.807) is 0 Å². The monoisotopic (exact) mass is 338 g/mol. The van der Waals surface area contributed by atoms with Crippen LogP contribution < -0.4 is 4.74 Å². The Morgan fingerprint density at radius 2 is 1.84 bits per heavy atom. The van der Waals surface area contributed by atoms with Crippen LogP contribution in [-0.2, 0) is 12.3 Å². The lowest BCUT2D eigenvalue weighted by molar-refractivity contribution is 0.478. The molecule has 0 atom stereocenters. The maximum atomic E-state index is 5.94. The number of hydrogen-bond donors (Lipinski definition) is 0. The lowest BCUT2D eigenvalue weighted by Gasteiger charge is -2.10. The van der Waals surface area contributed by atoms with Gasteiger partial charge in [-0.1, -0.05) is 41.4 Å². The molecule has 0 unspecified atom stereocenters. The summed E-state index contributed by atoms with van der Waals surface area (Å²) in [5, 5.41) is 0. The van der Waals surface area contributed by atoms with Gasteiger partial charge in [-0.05, 0) is 42.3 Å². The van der Waals surface area contributed by atoms with Gasteiger partial charge in [-0.25, -0.2) is 0 Å². The molecule has 0 amide bonds. The van der Waals surface area contributed by atoms with Crippen molar-refractivity contribution in [3.8, 4) is 11.5 Å². The van der Waals surface area contributed by atoms with E-state index in [4.69, 9.17) is 16.3 Å². The zero-order valence-corrected chi connectivity index (χ0v) is 13.2. The Bertz CT molecular complexity index is 537. The molecule has 2 aromatic carbocycles. The van der Waals surface area contributed by atoms with Gasteiger partial charge in [0.1, 0.15) is 11.5 Å². The van der Waals surface area contributed by atoms with E-state index in [0.717, 1.165) is 34.4 Å². The Morgan fingerprint density at radius 3 is 2.47 bits per heavy atom. The molecule has 0 N–H and O–H groups in total. The van der Waals surface area contributed by atoms with Crippen LogP contribution in [0.15, 0.2) is 46.9 Å². The fraction of sp³-hybridized carbons (Fsp3) is 0.250. The van der Waals surface area contributed by atoms with E-state index in [2.05, 4.69) is 35.0 Å². The summed E-state index contributed by atoms with van der Waals surface area (Å²) in [6.45, 7) is 2.18. The Labute approximate surface area is 127 Å². The highest BCUT2D eigenvalue weighted by Gasteiger charge is 2.05. The normalized spacial score (nSPS) is 10.5. The van der Waals surface area contributed by atoms with Crippen molar-refractivity contribution in [1.82, 2.24) is 0 Å². The van der Waals surface area contributed by atoms with Gasteiger partial charge < -0.3 is 4.74 Å². The first-order chi connectivity index (χ1) is 9.22. The summed E-state index contributed by atoms with van der Waals surface area (Å²) in [5.41, 5.74) is 2.32. The van der Waals surface area contributed by atoms with Crippen molar-refractivity contribution in [3.63, 3.8) is 0 Å². The molecule has 0 saturated carbocycles. The number of benzene rings is 2. The third-order valence-electron chi connectivity index (χ3n) is 2.86.